The average molecular weight is 549 g/mol. The molecule has 8 heteroatoms. The highest BCUT2D eigenvalue weighted by Gasteiger charge is 2.31. The van der Waals surface area contributed by atoms with Crippen molar-refractivity contribution in [1.82, 2.24) is 0 Å². The van der Waals surface area contributed by atoms with Crippen LogP contribution >= 0.6 is 0 Å². The van der Waals surface area contributed by atoms with Gasteiger partial charge in [0.25, 0.3) is 0 Å². The zero-order chi connectivity index (χ0) is 28.7. The molecule has 1 aliphatic carbocycles. The van der Waals surface area contributed by atoms with Crippen molar-refractivity contribution in [2.24, 2.45) is 11.8 Å². The Labute approximate surface area is 235 Å². The van der Waals surface area contributed by atoms with E-state index in [1.165, 1.54) is 12.2 Å². The van der Waals surface area contributed by atoms with Gasteiger partial charge in [0.2, 0.25) is 0 Å². The number of esters is 2. The van der Waals surface area contributed by atoms with E-state index in [1.807, 2.05) is 24.3 Å². The van der Waals surface area contributed by atoms with E-state index in [0.717, 1.165) is 11.1 Å². The SMILES string of the molecule is C=CC(=O)COc1ccc(CCOC(=O)C2CCC(C(=O)OCCc3ccc(OCC(=O)C=C)cc3)CC2)cc1. The number of rotatable bonds is 16. The first kappa shape index (κ1) is 30.3. The van der Waals surface area contributed by atoms with Gasteiger partial charge >= 0.3 is 11.9 Å². The molecule has 40 heavy (non-hydrogen) atoms. The molecule has 0 heterocycles. The van der Waals surface area contributed by atoms with Crippen molar-refractivity contribution in [3.8, 4) is 11.5 Å². The fourth-order valence-corrected chi connectivity index (χ4v) is 4.27. The summed E-state index contributed by atoms with van der Waals surface area (Å²) in [6, 6.07) is 14.6. The summed E-state index contributed by atoms with van der Waals surface area (Å²) in [5.74, 6) is -0.0590. The van der Waals surface area contributed by atoms with E-state index in [0.29, 0.717) is 50.0 Å². The smallest absolute Gasteiger partial charge is 0.308 e. The van der Waals surface area contributed by atoms with Crippen LogP contribution in [0.5, 0.6) is 11.5 Å². The molecule has 0 aliphatic heterocycles. The molecule has 0 saturated heterocycles. The standard InChI is InChI=1S/C32H36O8/c1-3-27(33)21-39-29-13-5-23(6-14-29)17-19-37-31(35)25-9-11-26(12-10-25)32(36)38-20-18-24-7-15-30(16-8-24)40-22-28(34)4-2/h3-8,13-16,25-26H,1-2,9-12,17-22H2. The van der Waals surface area contributed by atoms with Crippen LogP contribution in [-0.4, -0.2) is 49.9 Å². The molecule has 2 aromatic carbocycles. The van der Waals surface area contributed by atoms with Crippen LogP contribution in [0.15, 0.2) is 73.8 Å². The molecule has 1 aliphatic rings. The van der Waals surface area contributed by atoms with E-state index in [2.05, 4.69) is 13.2 Å². The first-order valence-electron chi connectivity index (χ1n) is 13.4. The average Bonchev–Trinajstić information content (AvgIpc) is 2.99. The first-order valence-corrected chi connectivity index (χ1v) is 13.4. The summed E-state index contributed by atoms with van der Waals surface area (Å²) >= 11 is 0. The normalized spacial score (nSPS) is 16.3. The van der Waals surface area contributed by atoms with Crippen molar-refractivity contribution in [3.05, 3.63) is 85.0 Å². The summed E-state index contributed by atoms with van der Waals surface area (Å²) in [4.78, 5) is 47.5. The summed E-state index contributed by atoms with van der Waals surface area (Å²) in [5, 5.41) is 0. The zero-order valence-corrected chi connectivity index (χ0v) is 22.7. The minimum Gasteiger partial charge on any atom is -0.485 e. The van der Waals surface area contributed by atoms with Crippen LogP contribution < -0.4 is 9.47 Å². The number of hydrogen-bond donors (Lipinski definition) is 0. The molecule has 0 bridgehead atoms. The van der Waals surface area contributed by atoms with Crippen molar-refractivity contribution in [2.75, 3.05) is 26.4 Å². The fraction of sp³-hybridized carbons (Fsp3) is 0.375. The van der Waals surface area contributed by atoms with E-state index in [-0.39, 0.29) is 61.8 Å². The third kappa shape index (κ3) is 10.2. The molecule has 0 radical (unpaired) electrons. The Balaban J connectivity index is 1.29. The van der Waals surface area contributed by atoms with E-state index >= 15 is 0 Å². The third-order valence-corrected chi connectivity index (χ3v) is 6.73. The lowest BCUT2D eigenvalue weighted by molar-refractivity contribution is -0.155. The molecule has 8 nitrogen and oxygen atoms in total. The van der Waals surface area contributed by atoms with Crippen molar-refractivity contribution in [1.29, 1.82) is 0 Å². The maximum atomic E-state index is 12.5. The molecule has 1 saturated carbocycles. The van der Waals surface area contributed by atoms with Crippen LogP contribution in [0.25, 0.3) is 0 Å². The van der Waals surface area contributed by atoms with Gasteiger partial charge in [-0.25, -0.2) is 0 Å². The van der Waals surface area contributed by atoms with Crippen molar-refractivity contribution in [3.63, 3.8) is 0 Å². The Morgan fingerprint density at radius 3 is 1.30 bits per heavy atom. The molecule has 0 N–H and O–H groups in total. The minimum absolute atomic E-state index is 0.0479. The number of carbonyl (C=O) groups excluding carboxylic acids is 4. The predicted molar refractivity (Wildman–Crippen MR) is 149 cm³/mol. The molecule has 0 amide bonds. The highest BCUT2D eigenvalue weighted by Crippen LogP contribution is 2.30. The van der Waals surface area contributed by atoms with E-state index in [1.54, 1.807) is 24.3 Å². The van der Waals surface area contributed by atoms with Crippen LogP contribution in [0, 0.1) is 11.8 Å². The zero-order valence-electron chi connectivity index (χ0n) is 22.7. The Kier molecular flexibility index (Phi) is 12.2. The van der Waals surface area contributed by atoms with Crippen molar-refractivity contribution >= 4 is 23.5 Å². The highest BCUT2D eigenvalue weighted by atomic mass is 16.5. The summed E-state index contributed by atoms with van der Waals surface area (Å²) in [5.41, 5.74) is 1.98. The molecule has 212 valence electrons. The fourth-order valence-electron chi connectivity index (χ4n) is 4.27. The third-order valence-electron chi connectivity index (χ3n) is 6.73. The summed E-state index contributed by atoms with van der Waals surface area (Å²) in [6.07, 6.45) is 6.00. The topological polar surface area (TPSA) is 105 Å². The maximum absolute atomic E-state index is 12.5. The van der Waals surface area contributed by atoms with Gasteiger partial charge in [0, 0.05) is 12.8 Å². The van der Waals surface area contributed by atoms with Gasteiger partial charge in [0.05, 0.1) is 25.0 Å². The molecule has 0 atom stereocenters. The second-order valence-corrected chi connectivity index (χ2v) is 9.59. The van der Waals surface area contributed by atoms with Crippen LogP contribution in [0.3, 0.4) is 0 Å². The Bertz CT molecular complexity index is 1060. The Hall–Kier alpha value is -4.20. The molecular weight excluding hydrogens is 512 g/mol. The molecule has 0 unspecified atom stereocenters. The van der Waals surface area contributed by atoms with Crippen LogP contribution in [0.4, 0.5) is 0 Å². The van der Waals surface area contributed by atoms with Gasteiger partial charge in [-0.1, -0.05) is 37.4 Å². The number of carbonyl (C=O) groups is 4. The Morgan fingerprint density at radius 2 is 0.975 bits per heavy atom. The van der Waals surface area contributed by atoms with E-state index in [4.69, 9.17) is 18.9 Å². The monoisotopic (exact) mass is 548 g/mol. The lowest BCUT2D eigenvalue weighted by atomic mass is 9.82. The largest absolute Gasteiger partial charge is 0.485 e. The van der Waals surface area contributed by atoms with Gasteiger partial charge in [-0.15, -0.1) is 0 Å². The van der Waals surface area contributed by atoms with Gasteiger partial charge in [0.15, 0.2) is 24.8 Å². The predicted octanol–water partition coefficient (Wildman–Crippen LogP) is 4.63. The molecular formula is C32H36O8. The first-order chi connectivity index (χ1) is 19.4. The molecule has 2 aromatic rings. The molecule has 1 fully saturated rings. The van der Waals surface area contributed by atoms with E-state index < -0.39 is 0 Å². The molecule has 0 aromatic heterocycles. The number of benzene rings is 2. The van der Waals surface area contributed by atoms with Gasteiger partial charge in [-0.3, -0.25) is 19.2 Å². The van der Waals surface area contributed by atoms with Gasteiger partial charge in [-0.05, 0) is 73.2 Å². The molecule has 3 rings (SSSR count). The summed E-state index contributed by atoms with van der Waals surface area (Å²) in [6.45, 7) is 7.27. The number of ketones is 2. The summed E-state index contributed by atoms with van der Waals surface area (Å²) in [7, 11) is 0. The van der Waals surface area contributed by atoms with E-state index in [9.17, 15) is 19.2 Å². The highest BCUT2D eigenvalue weighted by molar-refractivity contribution is 5.90. The van der Waals surface area contributed by atoms with Gasteiger partial charge < -0.3 is 18.9 Å². The quantitative estimate of drug-likeness (QED) is 0.221. The van der Waals surface area contributed by atoms with Gasteiger partial charge in [-0.2, -0.15) is 0 Å². The second kappa shape index (κ2) is 16.0. The van der Waals surface area contributed by atoms with Gasteiger partial charge in [0.1, 0.15) is 11.5 Å². The van der Waals surface area contributed by atoms with Crippen molar-refractivity contribution in [2.45, 2.75) is 38.5 Å². The Morgan fingerprint density at radius 1 is 0.625 bits per heavy atom. The lowest BCUT2D eigenvalue weighted by Crippen LogP contribution is -2.28. The summed E-state index contributed by atoms with van der Waals surface area (Å²) < 4.78 is 21.7. The second-order valence-electron chi connectivity index (χ2n) is 9.59. The molecule has 0 spiro atoms. The maximum Gasteiger partial charge on any atom is 0.308 e. The van der Waals surface area contributed by atoms with Crippen LogP contribution in [0.2, 0.25) is 0 Å². The van der Waals surface area contributed by atoms with Crippen molar-refractivity contribution < 1.29 is 38.1 Å². The minimum atomic E-state index is -0.226. The number of ether oxygens (including phenoxy) is 4. The number of hydrogen-bond acceptors (Lipinski definition) is 8. The van der Waals surface area contributed by atoms with Crippen LogP contribution in [0.1, 0.15) is 36.8 Å². The lowest BCUT2D eigenvalue weighted by Gasteiger charge is -2.26. The van der Waals surface area contributed by atoms with Crippen LogP contribution in [-0.2, 0) is 41.5 Å².